The van der Waals surface area contributed by atoms with Crippen molar-refractivity contribution in [1.82, 2.24) is 10.2 Å². The van der Waals surface area contributed by atoms with Crippen molar-refractivity contribution >= 4 is 6.09 Å². The molecule has 24 heavy (non-hydrogen) atoms. The van der Waals surface area contributed by atoms with Gasteiger partial charge in [0.25, 0.3) is 0 Å². The summed E-state index contributed by atoms with van der Waals surface area (Å²) in [6.07, 6.45) is -5.17. The van der Waals surface area contributed by atoms with E-state index in [1.165, 1.54) is 18.2 Å². The molecule has 2 rings (SSSR count). The van der Waals surface area contributed by atoms with Crippen molar-refractivity contribution in [1.29, 1.82) is 0 Å². The molecule has 1 aromatic rings. The maximum atomic E-state index is 12.3. The molecule has 0 saturated carbocycles. The highest BCUT2D eigenvalue weighted by Gasteiger charge is 2.32. The zero-order chi connectivity index (χ0) is 18.0. The van der Waals surface area contributed by atoms with Crippen molar-refractivity contribution in [2.45, 2.75) is 38.8 Å². The number of nitrogens with one attached hydrogen (secondary N) is 1. The summed E-state index contributed by atoms with van der Waals surface area (Å²) in [5, 5.41) is 3.19. The van der Waals surface area contributed by atoms with E-state index in [0.29, 0.717) is 25.2 Å². The van der Waals surface area contributed by atoms with Crippen LogP contribution in [0.2, 0.25) is 0 Å². The Kier molecular flexibility index (Phi) is 5.27. The number of amides is 1. The number of carbonyl (C=O) groups excluding carboxylic acids is 1. The van der Waals surface area contributed by atoms with Crippen molar-refractivity contribution < 1.29 is 27.4 Å². The number of piperazine rings is 1. The Morgan fingerprint density at radius 2 is 2.00 bits per heavy atom. The Morgan fingerprint density at radius 1 is 1.29 bits per heavy atom. The SMILES string of the molecule is CC(C)(C)OC(=O)N1CCNC(c2cccc(OC(F)(F)F)c2)C1. The van der Waals surface area contributed by atoms with Gasteiger partial charge < -0.3 is 19.7 Å². The van der Waals surface area contributed by atoms with Crippen LogP contribution in [-0.4, -0.2) is 42.6 Å². The highest BCUT2D eigenvalue weighted by Crippen LogP contribution is 2.27. The molecule has 1 amide bonds. The van der Waals surface area contributed by atoms with Crippen molar-refractivity contribution in [2.24, 2.45) is 0 Å². The number of alkyl halides is 3. The second-order valence-electron chi connectivity index (χ2n) is 6.55. The molecule has 1 unspecified atom stereocenters. The first-order valence-corrected chi connectivity index (χ1v) is 7.60. The molecule has 1 heterocycles. The molecular weight excluding hydrogens is 325 g/mol. The van der Waals surface area contributed by atoms with Gasteiger partial charge in [-0.3, -0.25) is 0 Å². The van der Waals surface area contributed by atoms with Crippen molar-refractivity contribution in [3.05, 3.63) is 29.8 Å². The number of benzene rings is 1. The van der Waals surface area contributed by atoms with E-state index in [9.17, 15) is 18.0 Å². The number of halogens is 3. The van der Waals surface area contributed by atoms with Crippen LogP contribution in [0.1, 0.15) is 32.4 Å². The van der Waals surface area contributed by atoms with Gasteiger partial charge in [-0.2, -0.15) is 0 Å². The molecule has 1 fully saturated rings. The Labute approximate surface area is 138 Å². The number of hydrogen-bond donors (Lipinski definition) is 1. The Hall–Kier alpha value is -1.96. The lowest BCUT2D eigenvalue weighted by atomic mass is 10.0. The maximum Gasteiger partial charge on any atom is 0.573 e. The summed E-state index contributed by atoms with van der Waals surface area (Å²) >= 11 is 0. The van der Waals surface area contributed by atoms with Gasteiger partial charge in [-0.15, -0.1) is 13.2 Å². The molecule has 1 aliphatic heterocycles. The van der Waals surface area contributed by atoms with Crippen LogP contribution in [0.15, 0.2) is 24.3 Å². The standard InChI is InChI=1S/C16H21F3N2O3/c1-15(2,3)24-14(22)21-8-7-20-13(10-21)11-5-4-6-12(9-11)23-16(17,18)19/h4-6,9,13,20H,7-8,10H2,1-3H3. The molecular formula is C16H21F3N2O3. The number of hydrogen-bond acceptors (Lipinski definition) is 4. The largest absolute Gasteiger partial charge is 0.573 e. The topological polar surface area (TPSA) is 50.8 Å². The third-order valence-electron chi connectivity index (χ3n) is 3.32. The maximum absolute atomic E-state index is 12.3. The van der Waals surface area contributed by atoms with Crippen LogP contribution in [0.25, 0.3) is 0 Å². The molecule has 1 N–H and O–H groups in total. The molecule has 5 nitrogen and oxygen atoms in total. The molecule has 8 heteroatoms. The number of carbonyl (C=O) groups is 1. The average molecular weight is 346 g/mol. The smallest absolute Gasteiger partial charge is 0.444 e. The van der Waals surface area contributed by atoms with Crippen LogP contribution in [0.3, 0.4) is 0 Å². The van der Waals surface area contributed by atoms with Crippen molar-refractivity contribution in [3.63, 3.8) is 0 Å². The highest BCUT2D eigenvalue weighted by molar-refractivity contribution is 5.68. The summed E-state index contributed by atoms with van der Waals surface area (Å²) in [7, 11) is 0. The van der Waals surface area contributed by atoms with Crippen LogP contribution < -0.4 is 10.1 Å². The van der Waals surface area contributed by atoms with Gasteiger partial charge in [-0.1, -0.05) is 12.1 Å². The molecule has 1 aliphatic rings. The molecule has 134 valence electrons. The predicted octanol–water partition coefficient (Wildman–Crippen LogP) is 3.47. The first-order valence-electron chi connectivity index (χ1n) is 7.60. The molecule has 0 radical (unpaired) electrons. The highest BCUT2D eigenvalue weighted by atomic mass is 19.4. The molecule has 0 aliphatic carbocycles. The van der Waals surface area contributed by atoms with E-state index in [4.69, 9.17) is 4.74 Å². The van der Waals surface area contributed by atoms with Crippen LogP contribution in [0.4, 0.5) is 18.0 Å². The summed E-state index contributed by atoms with van der Waals surface area (Å²) < 4.78 is 46.3. The lowest BCUT2D eigenvalue weighted by molar-refractivity contribution is -0.274. The zero-order valence-corrected chi connectivity index (χ0v) is 13.8. The van der Waals surface area contributed by atoms with E-state index in [1.54, 1.807) is 31.7 Å². The normalized spacial score (nSPS) is 19.1. The Bertz CT molecular complexity index is 585. The zero-order valence-electron chi connectivity index (χ0n) is 13.8. The first-order chi connectivity index (χ1) is 11.0. The quantitative estimate of drug-likeness (QED) is 0.891. The summed E-state index contributed by atoms with van der Waals surface area (Å²) in [5.74, 6) is -0.281. The van der Waals surface area contributed by atoms with Crippen LogP contribution in [0, 0.1) is 0 Å². The minimum Gasteiger partial charge on any atom is -0.444 e. The summed E-state index contributed by atoms with van der Waals surface area (Å²) in [6.45, 7) is 6.65. The first kappa shape index (κ1) is 18.4. The van der Waals surface area contributed by atoms with Gasteiger partial charge in [0.2, 0.25) is 0 Å². The fourth-order valence-electron chi connectivity index (χ4n) is 2.39. The van der Waals surface area contributed by atoms with Gasteiger partial charge in [-0.25, -0.2) is 4.79 Å². The van der Waals surface area contributed by atoms with Gasteiger partial charge in [0.15, 0.2) is 0 Å². The van der Waals surface area contributed by atoms with Gasteiger partial charge in [-0.05, 0) is 38.5 Å². The second kappa shape index (κ2) is 6.88. The van der Waals surface area contributed by atoms with Gasteiger partial charge in [0.1, 0.15) is 11.4 Å². The summed E-state index contributed by atoms with van der Waals surface area (Å²) in [4.78, 5) is 13.7. The van der Waals surface area contributed by atoms with E-state index in [2.05, 4.69) is 10.1 Å². The number of nitrogens with zero attached hydrogens (tertiary/aromatic N) is 1. The van der Waals surface area contributed by atoms with E-state index in [1.807, 2.05) is 0 Å². The van der Waals surface area contributed by atoms with Crippen LogP contribution >= 0.6 is 0 Å². The fraction of sp³-hybridized carbons (Fsp3) is 0.562. The van der Waals surface area contributed by atoms with E-state index < -0.39 is 18.1 Å². The van der Waals surface area contributed by atoms with Gasteiger partial charge >= 0.3 is 12.5 Å². The fourth-order valence-corrected chi connectivity index (χ4v) is 2.39. The molecule has 1 aromatic carbocycles. The van der Waals surface area contributed by atoms with Gasteiger partial charge in [0, 0.05) is 19.6 Å². The minimum atomic E-state index is -4.73. The second-order valence-corrected chi connectivity index (χ2v) is 6.55. The van der Waals surface area contributed by atoms with E-state index in [0.717, 1.165) is 0 Å². The summed E-state index contributed by atoms with van der Waals surface area (Å²) in [5.41, 5.74) is 0.0165. The third-order valence-corrected chi connectivity index (χ3v) is 3.32. The molecule has 0 aromatic heterocycles. The van der Waals surface area contributed by atoms with E-state index >= 15 is 0 Å². The molecule has 1 atom stereocenters. The molecule has 0 bridgehead atoms. The Balaban J connectivity index is 2.07. The van der Waals surface area contributed by atoms with E-state index in [-0.39, 0.29) is 11.8 Å². The number of ether oxygens (including phenoxy) is 2. The monoisotopic (exact) mass is 346 g/mol. The third kappa shape index (κ3) is 5.59. The van der Waals surface area contributed by atoms with Crippen molar-refractivity contribution in [3.8, 4) is 5.75 Å². The lowest BCUT2D eigenvalue weighted by Crippen LogP contribution is -2.49. The lowest BCUT2D eigenvalue weighted by Gasteiger charge is -2.35. The summed E-state index contributed by atoms with van der Waals surface area (Å²) in [6, 6.07) is 5.46. The van der Waals surface area contributed by atoms with Crippen molar-refractivity contribution in [2.75, 3.05) is 19.6 Å². The molecule has 0 spiro atoms. The average Bonchev–Trinajstić information content (AvgIpc) is 2.44. The van der Waals surface area contributed by atoms with Gasteiger partial charge in [0.05, 0.1) is 6.04 Å². The predicted molar refractivity (Wildman–Crippen MR) is 81.7 cm³/mol. The van der Waals surface area contributed by atoms with Crippen LogP contribution in [0.5, 0.6) is 5.75 Å². The number of rotatable bonds is 2. The van der Waals surface area contributed by atoms with Crippen LogP contribution in [-0.2, 0) is 4.74 Å². The molecule has 1 saturated heterocycles. The minimum absolute atomic E-state index is 0.281. The Morgan fingerprint density at radius 3 is 2.62 bits per heavy atom.